The molecule has 3 saturated heterocycles. The van der Waals surface area contributed by atoms with Crippen LogP contribution in [0.2, 0.25) is 0 Å². The summed E-state index contributed by atoms with van der Waals surface area (Å²) >= 11 is 0. The largest absolute Gasteiger partial charge is 0.465 e. The van der Waals surface area contributed by atoms with Crippen LogP contribution in [0.1, 0.15) is 38.7 Å². The molecular weight excluding hydrogens is 488 g/mol. The molecule has 5 heterocycles. The molecule has 9 nitrogen and oxygen atoms in total. The van der Waals surface area contributed by atoms with Gasteiger partial charge >= 0.3 is 5.97 Å². The second-order valence-electron chi connectivity index (χ2n) is 12.4. The summed E-state index contributed by atoms with van der Waals surface area (Å²) in [6.45, 7) is 5.00. The molecule has 5 fully saturated rings. The Labute approximate surface area is 222 Å². The number of rotatable bonds is 4. The van der Waals surface area contributed by atoms with E-state index in [-0.39, 0.29) is 53.4 Å². The van der Waals surface area contributed by atoms with Gasteiger partial charge < -0.3 is 19.7 Å². The van der Waals surface area contributed by atoms with Crippen LogP contribution in [0.4, 0.5) is 5.69 Å². The van der Waals surface area contributed by atoms with Crippen molar-refractivity contribution >= 4 is 23.3 Å². The number of hydrogen-bond donors (Lipinski definition) is 2. The van der Waals surface area contributed by atoms with Crippen LogP contribution in [-0.4, -0.2) is 72.5 Å². The number of anilines is 1. The Morgan fingerprint density at radius 3 is 2.79 bits per heavy atom. The topological polar surface area (TPSA) is 118 Å². The van der Waals surface area contributed by atoms with Crippen LogP contribution < -0.4 is 5.06 Å². The van der Waals surface area contributed by atoms with Crippen molar-refractivity contribution in [2.75, 3.05) is 25.4 Å². The van der Waals surface area contributed by atoms with Crippen molar-refractivity contribution in [3.05, 3.63) is 29.8 Å². The third-order valence-corrected chi connectivity index (χ3v) is 10.7. The van der Waals surface area contributed by atoms with Crippen LogP contribution in [0.5, 0.6) is 0 Å². The molecule has 9 heteroatoms. The maximum atomic E-state index is 13.9. The van der Waals surface area contributed by atoms with Crippen molar-refractivity contribution in [1.29, 1.82) is 0 Å². The molecule has 12 atom stereocenters. The normalized spacial score (nSPS) is 45.6. The molecule has 1 aromatic rings. The Morgan fingerprint density at radius 1 is 1.21 bits per heavy atom. The second-order valence-corrected chi connectivity index (χ2v) is 12.4. The number of hydrogen-bond acceptors (Lipinski definition) is 8. The first-order valence-electron chi connectivity index (χ1n) is 14.0. The number of hydroxylamine groups is 1. The third-order valence-electron chi connectivity index (χ3n) is 10.7. The minimum atomic E-state index is -1.07. The maximum Gasteiger partial charge on any atom is 0.309 e. The van der Waals surface area contributed by atoms with Crippen LogP contribution in [0.25, 0.3) is 0 Å². The van der Waals surface area contributed by atoms with E-state index in [9.17, 15) is 19.8 Å². The molecule has 0 radical (unpaired) electrons. The highest BCUT2D eigenvalue weighted by Crippen LogP contribution is 2.57. The van der Waals surface area contributed by atoms with E-state index in [0.29, 0.717) is 44.1 Å². The van der Waals surface area contributed by atoms with Crippen molar-refractivity contribution in [2.24, 2.45) is 46.4 Å². The maximum absolute atomic E-state index is 13.9. The van der Waals surface area contributed by atoms with Crippen molar-refractivity contribution in [3.8, 4) is 0 Å². The molecule has 2 N–H and O–H groups in total. The fourth-order valence-corrected chi connectivity index (χ4v) is 9.01. The number of aliphatic hydroxyl groups is 2. The molecule has 204 valence electrons. The predicted molar refractivity (Wildman–Crippen MR) is 136 cm³/mol. The molecule has 5 aliphatic heterocycles. The lowest BCUT2D eigenvalue weighted by Crippen LogP contribution is -2.58. The molecule has 8 rings (SSSR count). The minimum Gasteiger partial charge on any atom is -0.465 e. The second kappa shape index (κ2) is 8.58. The molecule has 0 aromatic heterocycles. The van der Waals surface area contributed by atoms with Gasteiger partial charge in [-0.25, -0.2) is 0 Å². The van der Waals surface area contributed by atoms with Gasteiger partial charge in [0.2, 0.25) is 0 Å². The standard InChI is InChI=1S/C29H36N2O7/c1-13-9-21(32)22-15(27(34)38-11-16(13)22)8-14(2)24-23-17-12-37-26(25(23)33)29(10-19(17)30-24)18-6-4-5-7-20(18)31(36-3)28(29)35/h4-7,13-17,19,21-23,25-26,32-33H,8-12H2,1-3H3/t13-,14-,15+,16+,17+,19-,21-,22+,23+,25+,26+,29-/m0/s1. The number of esters is 1. The van der Waals surface area contributed by atoms with Crippen molar-refractivity contribution in [2.45, 2.75) is 62.9 Å². The van der Waals surface area contributed by atoms with Gasteiger partial charge in [0.1, 0.15) is 11.5 Å². The Kier molecular flexibility index (Phi) is 5.58. The van der Waals surface area contributed by atoms with E-state index in [1.54, 1.807) is 0 Å². The number of nitrogens with zero attached hydrogens (tertiary/aromatic N) is 2. The number of aliphatic hydroxyl groups excluding tert-OH is 2. The molecule has 1 aromatic carbocycles. The molecular formula is C29H36N2O7. The zero-order valence-electron chi connectivity index (χ0n) is 22.0. The summed E-state index contributed by atoms with van der Waals surface area (Å²) < 4.78 is 11.9. The SMILES string of the molecule is CON1C(=O)[C@@]2(C[C@@H]3N=C([C@@H](C)C[C@H]4C(=O)OC[C@H]5[C@@H]4[C@@H](O)C[C@@H]5C)[C@@H]4[C@@H](O)[C@H]2OC[C@@H]43)c2ccccc21. The first-order valence-corrected chi connectivity index (χ1v) is 14.0. The molecule has 1 spiro atoms. The minimum absolute atomic E-state index is 0.0298. The highest BCUT2D eigenvalue weighted by molar-refractivity contribution is 6.08. The molecule has 2 aliphatic carbocycles. The summed E-state index contributed by atoms with van der Waals surface area (Å²) in [7, 11) is 1.48. The van der Waals surface area contributed by atoms with E-state index < -0.39 is 23.7 Å². The monoisotopic (exact) mass is 524 g/mol. The van der Waals surface area contributed by atoms with E-state index in [1.807, 2.05) is 24.3 Å². The van der Waals surface area contributed by atoms with E-state index in [0.717, 1.165) is 11.3 Å². The number of aliphatic imine (C=N–C) groups is 1. The van der Waals surface area contributed by atoms with Gasteiger partial charge in [0.25, 0.3) is 5.91 Å². The van der Waals surface area contributed by atoms with Gasteiger partial charge in [-0.3, -0.25) is 19.4 Å². The molecule has 7 aliphatic rings. The number of para-hydroxylation sites is 1. The van der Waals surface area contributed by atoms with Gasteiger partial charge in [-0.2, -0.15) is 5.06 Å². The zero-order valence-corrected chi connectivity index (χ0v) is 22.0. The molecule has 4 bridgehead atoms. The third kappa shape index (κ3) is 3.10. The van der Waals surface area contributed by atoms with Gasteiger partial charge in [-0.15, -0.1) is 0 Å². The van der Waals surface area contributed by atoms with Gasteiger partial charge in [-0.1, -0.05) is 32.0 Å². The first-order chi connectivity index (χ1) is 18.3. The van der Waals surface area contributed by atoms with Crippen molar-refractivity contribution in [1.82, 2.24) is 0 Å². The quantitative estimate of drug-likeness (QED) is 0.578. The fourth-order valence-electron chi connectivity index (χ4n) is 9.01. The molecule has 38 heavy (non-hydrogen) atoms. The van der Waals surface area contributed by atoms with Crippen LogP contribution >= 0.6 is 0 Å². The Bertz CT molecular complexity index is 1200. The average molecular weight is 525 g/mol. The summed E-state index contributed by atoms with van der Waals surface area (Å²) in [5.74, 6) is -0.785. The Hall–Kier alpha value is -2.33. The first kappa shape index (κ1) is 24.7. The number of amides is 1. The number of cyclic esters (lactones) is 1. The van der Waals surface area contributed by atoms with Crippen molar-refractivity contribution < 1.29 is 34.1 Å². The van der Waals surface area contributed by atoms with E-state index in [2.05, 4.69) is 13.8 Å². The lowest BCUT2D eigenvalue weighted by Gasteiger charge is -2.43. The average Bonchev–Trinajstić information content (AvgIpc) is 3.42. The number of benzene rings is 1. The Balaban J connectivity index is 1.22. The van der Waals surface area contributed by atoms with Crippen LogP contribution in [0.3, 0.4) is 0 Å². The summed E-state index contributed by atoms with van der Waals surface area (Å²) in [5, 5.41) is 24.0. The summed E-state index contributed by atoms with van der Waals surface area (Å²) in [5.41, 5.74) is 1.34. The summed E-state index contributed by atoms with van der Waals surface area (Å²) in [4.78, 5) is 37.5. The smallest absolute Gasteiger partial charge is 0.309 e. The lowest BCUT2D eigenvalue weighted by atomic mass is 9.69. The van der Waals surface area contributed by atoms with Gasteiger partial charge in [-0.05, 0) is 42.7 Å². The van der Waals surface area contributed by atoms with E-state index in [1.165, 1.54) is 12.2 Å². The number of carbonyl (C=O) groups excluding carboxylic acids is 2. The molecule has 0 unspecified atom stereocenters. The number of ether oxygens (including phenoxy) is 2. The Morgan fingerprint density at radius 2 is 2.00 bits per heavy atom. The number of fused-ring (bicyclic) bond motifs is 3. The summed E-state index contributed by atoms with van der Waals surface area (Å²) in [6, 6.07) is 7.38. The zero-order chi connectivity index (χ0) is 26.5. The van der Waals surface area contributed by atoms with Crippen LogP contribution in [0.15, 0.2) is 29.3 Å². The van der Waals surface area contributed by atoms with Crippen LogP contribution in [0, 0.1) is 41.4 Å². The fraction of sp³-hybridized carbons (Fsp3) is 0.690. The van der Waals surface area contributed by atoms with E-state index >= 15 is 0 Å². The molecule has 2 saturated carbocycles. The van der Waals surface area contributed by atoms with Gasteiger partial charge in [0.05, 0.1) is 50.2 Å². The highest BCUT2D eigenvalue weighted by Gasteiger charge is 2.67. The summed E-state index contributed by atoms with van der Waals surface area (Å²) in [6.07, 6.45) is -0.477. The predicted octanol–water partition coefficient (Wildman–Crippen LogP) is 1.88. The lowest BCUT2D eigenvalue weighted by molar-refractivity contribution is -0.165. The highest BCUT2D eigenvalue weighted by atomic mass is 16.7. The van der Waals surface area contributed by atoms with Crippen molar-refractivity contribution in [3.63, 3.8) is 0 Å². The van der Waals surface area contributed by atoms with Gasteiger partial charge in [0.15, 0.2) is 0 Å². The number of carbonyl (C=O) groups is 2. The van der Waals surface area contributed by atoms with E-state index in [4.69, 9.17) is 19.3 Å². The molecule has 1 amide bonds. The van der Waals surface area contributed by atoms with Crippen LogP contribution in [-0.2, 0) is 29.3 Å². The van der Waals surface area contributed by atoms with Gasteiger partial charge in [0, 0.05) is 29.4 Å².